The molecule has 1 heterocycles. The Kier molecular flexibility index (Phi) is 3.47. The van der Waals surface area contributed by atoms with E-state index in [0.29, 0.717) is 5.92 Å². The van der Waals surface area contributed by atoms with Crippen molar-refractivity contribution in [2.45, 2.75) is 56.3 Å². The predicted molar refractivity (Wildman–Crippen MR) is 87.9 cm³/mol. The highest BCUT2D eigenvalue weighted by atomic mass is 16.4. The van der Waals surface area contributed by atoms with Gasteiger partial charge in [0.15, 0.2) is 0 Å². The molecule has 0 unspecified atom stereocenters. The molecule has 2 saturated carbocycles. The van der Waals surface area contributed by atoms with Crippen LogP contribution < -0.4 is 0 Å². The lowest BCUT2D eigenvalue weighted by Crippen LogP contribution is -2.37. The van der Waals surface area contributed by atoms with Crippen LogP contribution in [-0.2, 0) is 10.2 Å². The highest BCUT2D eigenvalue weighted by Crippen LogP contribution is 2.42. The number of aliphatic carboxylic acids is 1. The molecule has 0 bridgehead atoms. The molecule has 1 aromatic heterocycles. The third kappa shape index (κ3) is 2.46. The van der Waals surface area contributed by atoms with E-state index < -0.39 is 11.4 Å². The maximum atomic E-state index is 11.9. The summed E-state index contributed by atoms with van der Waals surface area (Å²) in [5.41, 5.74) is 2.54. The number of hydrogen-bond donors (Lipinski definition) is 1. The zero-order chi connectivity index (χ0) is 15.9. The lowest BCUT2D eigenvalue weighted by Gasteiger charge is -2.33. The Hall–Kier alpha value is -2.10. The molecule has 2 fully saturated rings. The van der Waals surface area contributed by atoms with Crippen molar-refractivity contribution in [2.75, 3.05) is 0 Å². The largest absolute Gasteiger partial charge is 0.481 e. The molecule has 2 aliphatic rings. The summed E-state index contributed by atoms with van der Waals surface area (Å²) in [5.74, 6) is -0.0383. The van der Waals surface area contributed by atoms with E-state index in [2.05, 4.69) is 11.2 Å². The summed E-state index contributed by atoms with van der Waals surface area (Å²) in [6, 6.07) is 10.1. The van der Waals surface area contributed by atoms with E-state index in [-0.39, 0.29) is 0 Å². The van der Waals surface area contributed by atoms with Gasteiger partial charge in [0.1, 0.15) is 0 Å². The standard InChI is InChI=1S/C19H22N2O2/c22-18(23)19(11-2-1-3-12-19)15-6-8-16(9-7-15)21-17(10-13-20-21)14-4-5-14/h6-10,13-14H,1-5,11-12H2,(H,22,23). The average Bonchev–Trinajstić information content (AvgIpc) is 3.32. The Bertz CT molecular complexity index is 707. The molecule has 4 heteroatoms. The van der Waals surface area contributed by atoms with Crippen LogP contribution in [0.3, 0.4) is 0 Å². The number of carboxylic acid groups (broad SMARTS) is 1. The van der Waals surface area contributed by atoms with Crippen molar-refractivity contribution >= 4 is 5.97 Å². The molecule has 0 spiro atoms. The van der Waals surface area contributed by atoms with Crippen LogP contribution in [0.5, 0.6) is 0 Å². The second-order valence-corrected chi connectivity index (χ2v) is 6.94. The highest BCUT2D eigenvalue weighted by molar-refractivity contribution is 5.81. The first-order valence-electron chi connectivity index (χ1n) is 8.59. The molecule has 4 nitrogen and oxygen atoms in total. The average molecular weight is 310 g/mol. The van der Waals surface area contributed by atoms with E-state index in [4.69, 9.17) is 0 Å². The van der Waals surface area contributed by atoms with E-state index in [9.17, 15) is 9.90 Å². The lowest BCUT2D eigenvalue weighted by molar-refractivity contribution is -0.145. The lowest BCUT2D eigenvalue weighted by atomic mass is 9.69. The predicted octanol–water partition coefficient (Wildman–Crippen LogP) is 4.04. The van der Waals surface area contributed by atoms with Crippen LogP contribution >= 0.6 is 0 Å². The maximum Gasteiger partial charge on any atom is 0.314 e. The third-order valence-corrected chi connectivity index (χ3v) is 5.45. The van der Waals surface area contributed by atoms with Crippen LogP contribution in [0.1, 0.15) is 62.1 Å². The number of carboxylic acids is 1. The number of carbonyl (C=O) groups is 1. The fourth-order valence-electron chi connectivity index (χ4n) is 3.92. The van der Waals surface area contributed by atoms with Crippen molar-refractivity contribution in [1.29, 1.82) is 0 Å². The topological polar surface area (TPSA) is 55.1 Å². The summed E-state index contributed by atoms with van der Waals surface area (Å²) in [6.07, 6.45) is 8.97. The van der Waals surface area contributed by atoms with Gasteiger partial charge in [-0.1, -0.05) is 31.4 Å². The summed E-state index contributed by atoms with van der Waals surface area (Å²) in [7, 11) is 0. The molecule has 2 aromatic rings. The number of aromatic nitrogens is 2. The Balaban J connectivity index is 1.67. The molecular weight excluding hydrogens is 288 g/mol. The van der Waals surface area contributed by atoms with E-state index in [0.717, 1.165) is 43.4 Å². The van der Waals surface area contributed by atoms with Gasteiger partial charge in [-0.15, -0.1) is 0 Å². The van der Waals surface area contributed by atoms with E-state index in [1.807, 2.05) is 35.1 Å². The first kappa shape index (κ1) is 14.5. The maximum absolute atomic E-state index is 11.9. The molecule has 23 heavy (non-hydrogen) atoms. The minimum atomic E-state index is -0.694. The van der Waals surface area contributed by atoms with Gasteiger partial charge >= 0.3 is 5.97 Å². The number of hydrogen-bond acceptors (Lipinski definition) is 2. The van der Waals surface area contributed by atoms with Gasteiger partial charge in [0.05, 0.1) is 11.1 Å². The SMILES string of the molecule is O=C(O)C1(c2ccc(-n3nccc3C3CC3)cc2)CCCCC1. The zero-order valence-electron chi connectivity index (χ0n) is 13.2. The van der Waals surface area contributed by atoms with Gasteiger partial charge in [0.2, 0.25) is 0 Å². The van der Waals surface area contributed by atoms with Crippen LogP contribution in [0.15, 0.2) is 36.5 Å². The van der Waals surface area contributed by atoms with Gasteiger partial charge < -0.3 is 5.11 Å². The van der Waals surface area contributed by atoms with Crippen LogP contribution in [0.4, 0.5) is 0 Å². The Morgan fingerprint density at radius 1 is 1.09 bits per heavy atom. The highest BCUT2D eigenvalue weighted by Gasteiger charge is 2.41. The molecule has 0 aliphatic heterocycles. The molecule has 0 saturated heterocycles. The number of rotatable bonds is 4. The molecule has 1 N–H and O–H groups in total. The van der Waals surface area contributed by atoms with Crippen molar-refractivity contribution < 1.29 is 9.90 Å². The van der Waals surface area contributed by atoms with Crippen molar-refractivity contribution in [3.8, 4) is 5.69 Å². The molecule has 4 rings (SSSR count). The van der Waals surface area contributed by atoms with Gasteiger partial charge in [-0.2, -0.15) is 5.10 Å². The van der Waals surface area contributed by atoms with Crippen LogP contribution in [0.25, 0.3) is 5.69 Å². The Morgan fingerprint density at radius 3 is 2.39 bits per heavy atom. The monoisotopic (exact) mass is 310 g/mol. The number of benzene rings is 1. The third-order valence-electron chi connectivity index (χ3n) is 5.45. The molecule has 0 radical (unpaired) electrons. The Morgan fingerprint density at radius 2 is 1.78 bits per heavy atom. The molecule has 0 amide bonds. The molecular formula is C19H22N2O2. The minimum Gasteiger partial charge on any atom is -0.481 e. The summed E-state index contributed by atoms with van der Waals surface area (Å²) in [4.78, 5) is 11.9. The van der Waals surface area contributed by atoms with Crippen LogP contribution in [0, 0.1) is 0 Å². The zero-order valence-corrected chi connectivity index (χ0v) is 13.2. The molecule has 120 valence electrons. The summed E-state index contributed by atoms with van der Waals surface area (Å²) < 4.78 is 2.00. The second kappa shape index (κ2) is 5.52. The van der Waals surface area contributed by atoms with Gasteiger partial charge in [-0.25, -0.2) is 4.68 Å². The van der Waals surface area contributed by atoms with E-state index >= 15 is 0 Å². The fraction of sp³-hybridized carbons (Fsp3) is 0.474. The van der Waals surface area contributed by atoms with Crippen molar-refractivity contribution in [3.05, 3.63) is 47.8 Å². The first-order chi connectivity index (χ1) is 11.2. The second-order valence-electron chi connectivity index (χ2n) is 6.94. The number of nitrogens with zero attached hydrogens (tertiary/aromatic N) is 2. The molecule has 0 atom stereocenters. The summed E-state index contributed by atoms with van der Waals surface area (Å²) >= 11 is 0. The summed E-state index contributed by atoms with van der Waals surface area (Å²) in [5, 5.41) is 14.2. The first-order valence-corrected chi connectivity index (χ1v) is 8.59. The van der Waals surface area contributed by atoms with Crippen molar-refractivity contribution in [3.63, 3.8) is 0 Å². The van der Waals surface area contributed by atoms with Gasteiger partial charge in [-0.3, -0.25) is 4.79 Å². The van der Waals surface area contributed by atoms with Gasteiger partial charge in [0.25, 0.3) is 0 Å². The van der Waals surface area contributed by atoms with E-state index in [1.54, 1.807) is 0 Å². The normalized spacial score (nSPS) is 20.3. The minimum absolute atomic E-state index is 0.640. The molecule has 1 aromatic carbocycles. The molecule has 2 aliphatic carbocycles. The summed E-state index contributed by atoms with van der Waals surface area (Å²) in [6.45, 7) is 0. The smallest absolute Gasteiger partial charge is 0.314 e. The van der Waals surface area contributed by atoms with Crippen molar-refractivity contribution in [1.82, 2.24) is 9.78 Å². The van der Waals surface area contributed by atoms with Crippen LogP contribution in [0.2, 0.25) is 0 Å². The van der Waals surface area contributed by atoms with Gasteiger partial charge in [0, 0.05) is 17.8 Å². The van der Waals surface area contributed by atoms with Crippen molar-refractivity contribution in [2.24, 2.45) is 0 Å². The van der Waals surface area contributed by atoms with Crippen LogP contribution in [-0.4, -0.2) is 20.9 Å². The quantitative estimate of drug-likeness (QED) is 0.927. The van der Waals surface area contributed by atoms with E-state index in [1.165, 1.54) is 18.5 Å². The van der Waals surface area contributed by atoms with Gasteiger partial charge in [-0.05, 0) is 49.4 Å². The Labute approximate surface area is 136 Å². The fourth-order valence-corrected chi connectivity index (χ4v) is 3.92.